The van der Waals surface area contributed by atoms with Crippen LogP contribution in [0.5, 0.6) is 5.88 Å². The molecule has 0 atom stereocenters. The van der Waals surface area contributed by atoms with Crippen LogP contribution in [0.2, 0.25) is 0 Å². The molecule has 1 fully saturated rings. The van der Waals surface area contributed by atoms with Crippen LogP contribution >= 0.6 is 0 Å². The molecule has 0 saturated carbocycles. The molecule has 168 valence electrons. The molecule has 1 aliphatic rings. The number of carbonyl (C=O) groups is 1. The van der Waals surface area contributed by atoms with Gasteiger partial charge in [-0.05, 0) is 31.5 Å². The Morgan fingerprint density at radius 1 is 1.06 bits per heavy atom. The van der Waals surface area contributed by atoms with Crippen LogP contribution in [0.1, 0.15) is 12.0 Å². The molecule has 3 rings (SSSR count). The molecule has 2 aromatic rings. The average Bonchev–Trinajstić information content (AvgIpc) is 3.02. The van der Waals surface area contributed by atoms with E-state index in [4.69, 9.17) is 9.47 Å². The summed E-state index contributed by atoms with van der Waals surface area (Å²) in [5.41, 5.74) is 1.54. The third-order valence-electron chi connectivity index (χ3n) is 4.93. The molecular weight excluding hydrogens is 420 g/mol. The smallest absolute Gasteiger partial charge is 0.321 e. The summed E-state index contributed by atoms with van der Waals surface area (Å²) in [5, 5.41) is 2.80. The normalized spacial score (nSPS) is 15.4. The third kappa shape index (κ3) is 6.16. The Kier molecular flexibility index (Phi) is 7.83. The number of anilines is 1. The molecule has 0 radical (unpaired) electrons. The van der Waals surface area contributed by atoms with Crippen LogP contribution in [0, 0.1) is 6.92 Å². The molecule has 9 nitrogen and oxygen atoms in total. The van der Waals surface area contributed by atoms with E-state index in [1.807, 2.05) is 6.92 Å². The van der Waals surface area contributed by atoms with Gasteiger partial charge in [0.05, 0.1) is 23.4 Å². The van der Waals surface area contributed by atoms with Gasteiger partial charge in [0, 0.05) is 39.4 Å². The van der Waals surface area contributed by atoms with Gasteiger partial charge in [-0.3, -0.25) is 0 Å². The highest BCUT2D eigenvalue weighted by Gasteiger charge is 2.28. The summed E-state index contributed by atoms with van der Waals surface area (Å²) in [6, 6.07) is 9.90. The molecule has 0 unspecified atom stereocenters. The van der Waals surface area contributed by atoms with Crippen LogP contribution in [-0.4, -0.2) is 75.1 Å². The number of amides is 2. The summed E-state index contributed by atoms with van der Waals surface area (Å²) >= 11 is 0. The molecule has 10 heteroatoms. The van der Waals surface area contributed by atoms with E-state index in [1.54, 1.807) is 48.4 Å². The number of carbonyl (C=O) groups excluding carboxylic acids is 1. The fourth-order valence-corrected chi connectivity index (χ4v) is 4.64. The minimum absolute atomic E-state index is 0.244. The van der Waals surface area contributed by atoms with E-state index in [-0.39, 0.29) is 17.5 Å². The van der Waals surface area contributed by atoms with E-state index < -0.39 is 10.0 Å². The second kappa shape index (κ2) is 10.6. The Bertz CT molecular complexity index is 964. The Hall–Kier alpha value is -2.69. The van der Waals surface area contributed by atoms with Gasteiger partial charge in [-0.1, -0.05) is 17.7 Å². The molecular formula is C21H28N4O5S. The third-order valence-corrected chi connectivity index (χ3v) is 6.84. The van der Waals surface area contributed by atoms with E-state index in [0.29, 0.717) is 50.8 Å². The van der Waals surface area contributed by atoms with Crippen LogP contribution in [0.15, 0.2) is 47.5 Å². The topological polar surface area (TPSA) is 101 Å². The summed E-state index contributed by atoms with van der Waals surface area (Å²) in [7, 11) is -1.99. The van der Waals surface area contributed by atoms with Gasteiger partial charge in [0.2, 0.25) is 15.9 Å². The standard InChI is InChI=1S/C21H28N4O5S/c1-17-4-7-19(8-5-17)31(27,28)25-11-3-10-24(12-13-25)21(26)23-18-6-9-20(22-16-18)30-15-14-29-2/h4-9,16H,3,10-15H2,1-2H3,(H,23,26). The van der Waals surface area contributed by atoms with E-state index in [0.717, 1.165) is 5.56 Å². The van der Waals surface area contributed by atoms with Crippen molar-refractivity contribution >= 4 is 21.7 Å². The number of sulfonamides is 1. The lowest BCUT2D eigenvalue weighted by molar-refractivity contribution is 0.144. The lowest BCUT2D eigenvalue weighted by atomic mass is 10.2. The fraction of sp³-hybridized carbons (Fsp3) is 0.429. The molecule has 0 spiro atoms. The zero-order chi connectivity index (χ0) is 22.3. The number of aryl methyl sites for hydroxylation is 1. The minimum Gasteiger partial charge on any atom is -0.475 e. The number of benzene rings is 1. The van der Waals surface area contributed by atoms with Crippen molar-refractivity contribution in [2.45, 2.75) is 18.2 Å². The van der Waals surface area contributed by atoms with Gasteiger partial charge >= 0.3 is 6.03 Å². The number of hydrogen-bond donors (Lipinski definition) is 1. The highest BCUT2D eigenvalue weighted by Crippen LogP contribution is 2.19. The van der Waals surface area contributed by atoms with Crippen LogP contribution in [0.3, 0.4) is 0 Å². The van der Waals surface area contributed by atoms with E-state index in [1.165, 1.54) is 10.5 Å². The van der Waals surface area contributed by atoms with Crippen LogP contribution in [0.4, 0.5) is 10.5 Å². The van der Waals surface area contributed by atoms with Crippen LogP contribution in [-0.2, 0) is 14.8 Å². The van der Waals surface area contributed by atoms with Crippen LogP contribution in [0.25, 0.3) is 0 Å². The fourth-order valence-electron chi connectivity index (χ4n) is 3.17. The summed E-state index contributed by atoms with van der Waals surface area (Å²) in [6.45, 7) is 4.16. The number of hydrogen-bond acceptors (Lipinski definition) is 6. The number of nitrogens with zero attached hydrogens (tertiary/aromatic N) is 3. The molecule has 2 heterocycles. The number of nitrogens with one attached hydrogen (secondary N) is 1. The van der Waals surface area contributed by atoms with Gasteiger partial charge in [0.15, 0.2) is 0 Å². The lowest BCUT2D eigenvalue weighted by Crippen LogP contribution is -2.39. The number of methoxy groups -OCH3 is 1. The van der Waals surface area contributed by atoms with E-state index in [2.05, 4.69) is 10.3 Å². The zero-order valence-corrected chi connectivity index (χ0v) is 18.6. The Morgan fingerprint density at radius 2 is 1.84 bits per heavy atom. The first-order chi connectivity index (χ1) is 14.9. The first-order valence-corrected chi connectivity index (χ1v) is 11.5. The lowest BCUT2D eigenvalue weighted by Gasteiger charge is -2.22. The summed E-state index contributed by atoms with van der Waals surface area (Å²) < 4.78 is 37.6. The van der Waals surface area contributed by atoms with Gasteiger partial charge in [0.1, 0.15) is 6.61 Å². The second-order valence-corrected chi connectivity index (χ2v) is 9.15. The van der Waals surface area contributed by atoms with Crippen molar-refractivity contribution in [2.24, 2.45) is 0 Å². The molecule has 1 saturated heterocycles. The average molecular weight is 449 g/mol. The van der Waals surface area contributed by atoms with E-state index in [9.17, 15) is 13.2 Å². The Labute approximate surface area is 183 Å². The van der Waals surface area contributed by atoms with Crippen molar-refractivity contribution in [3.63, 3.8) is 0 Å². The second-order valence-electron chi connectivity index (χ2n) is 7.21. The monoisotopic (exact) mass is 448 g/mol. The first kappa shape index (κ1) is 23.0. The van der Waals surface area contributed by atoms with Crippen molar-refractivity contribution in [3.8, 4) is 5.88 Å². The van der Waals surface area contributed by atoms with Gasteiger partial charge < -0.3 is 19.7 Å². The molecule has 1 N–H and O–H groups in total. The van der Waals surface area contributed by atoms with Gasteiger partial charge in [0.25, 0.3) is 0 Å². The first-order valence-electron chi connectivity index (χ1n) is 10.1. The predicted octanol–water partition coefficient (Wildman–Crippen LogP) is 2.34. The molecule has 0 aliphatic carbocycles. The van der Waals surface area contributed by atoms with Crippen molar-refractivity contribution < 1.29 is 22.7 Å². The molecule has 2 amide bonds. The number of rotatable bonds is 7. The molecule has 1 aliphatic heterocycles. The summed E-state index contributed by atoms with van der Waals surface area (Å²) in [6.07, 6.45) is 2.08. The maximum atomic E-state index is 12.9. The number of pyridine rings is 1. The zero-order valence-electron chi connectivity index (χ0n) is 17.8. The maximum absolute atomic E-state index is 12.9. The number of aromatic nitrogens is 1. The minimum atomic E-state index is -3.58. The predicted molar refractivity (Wildman–Crippen MR) is 117 cm³/mol. The highest BCUT2D eigenvalue weighted by molar-refractivity contribution is 7.89. The molecule has 31 heavy (non-hydrogen) atoms. The van der Waals surface area contributed by atoms with Gasteiger partial charge in [-0.25, -0.2) is 18.2 Å². The quantitative estimate of drug-likeness (QED) is 0.653. The SMILES string of the molecule is COCCOc1ccc(NC(=O)N2CCCN(S(=O)(=O)c3ccc(C)cc3)CC2)cn1. The molecule has 1 aromatic heterocycles. The van der Waals surface area contributed by atoms with Crippen LogP contribution < -0.4 is 10.1 Å². The van der Waals surface area contributed by atoms with Crippen molar-refractivity contribution in [2.75, 3.05) is 51.8 Å². The maximum Gasteiger partial charge on any atom is 0.321 e. The van der Waals surface area contributed by atoms with Crippen molar-refractivity contribution in [3.05, 3.63) is 48.2 Å². The highest BCUT2D eigenvalue weighted by atomic mass is 32.2. The van der Waals surface area contributed by atoms with E-state index >= 15 is 0 Å². The van der Waals surface area contributed by atoms with Crippen molar-refractivity contribution in [1.29, 1.82) is 0 Å². The van der Waals surface area contributed by atoms with Gasteiger partial charge in [-0.2, -0.15) is 4.31 Å². The van der Waals surface area contributed by atoms with Crippen molar-refractivity contribution in [1.82, 2.24) is 14.2 Å². The van der Waals surface area contributed by atoms with Gasteiger partial charge in [-0.15, -0.1) is 0 Å². The summed E-state index contributed by atoms with van der Waals surface area (Å²) in [4.78, 5) is 18.7. The summed E-state index contributed by atoms with van der Waals surface area (Å²) in [5.74, 6) is 0.446. The molecule has 1 aromatic carbocycles. The number of urea groups is 1. The Balaban J connectivity index is 1.56. The molecule has 0 bridgehead atoms. The Morgan fingerprint density at radius 3 is 2.52 bits per heavy atom. The largest absolute Gasteiger partial charge is 0.475 e. The number of ether oxygens (including phenoxy) is 2.